The largest absolute Gasteiger partial charge is 0.253 e. The molecule has 2 heterocycles. The van der Waals surface area contributed by atoms with Gasteiger partial charge in [0.2, 0.25) is 0 Å². The first-order valence-electron chi connectivity index (χ1n) is 20.1. The summed E-state index contributed by atoms with van der Waals surface area (Å²) < 4.78 is 3.81. The van der Waals surface area contributed by atoms with E-state index in [4.69, 9.17) is 0 Å². The zero-order valence-corrected chi connectivity index (χ0v) is 34.6. The molecule has 6 nitrogen and oxygen atoms in total. The molecule has 290 valence electrons. The van der Waals surface area contributed by atoms with Crippen LogP contribution >= 0.6 is 0 Å². The molecule has 2 aromatic carbocycles. The number of aryl methyl sites for hydroxylation is 2. The van der Waals surface area contributed by atoms with Crippen molar-refractivity contribution in [3.05, 3.63) is 115 Å². The Morgan fingerprint density at radius 3 is 1.38 bits per heavy atom. The van der Waals surface area contributed by atoms with Gasteiger partial charge in [0.25, 0.3) is 0 Å². The zero-order chi connectivity index (χ0) is 38.7. The normalized spacial score (nSPS) is 10.8. The highest BCUT2D eigenvalue weighted by Gasteiger charge is 2.18. The molecule has 0 radical (unpaired) electrons. The Labute approximate surface area is 320 Å². The lowest BCUT2D eigenvalue weighted by atomic mass is 9.80. The summed E-state index contributed by atoms with van der Waals surface area (Å²) in [4.78, 5) is 0. The molecule has 52 heavy (non-hydrogen) atoms. The van der Waals surface area contributed by atoms with Crippen molar-refractivity contribution < 1.29 is 0 Å². The summed E-state index contributed by atoms with van der Waals surface area (Å²) in [6.07, 6.45) is 27.6. The summed E-state index contributed by atoms with van der Waals surface area (Å²) in [6.45, 7) is 26.9. The number of benzene rings is 2. The molecule has 0 bridgehead atoms. The Hall–Kier alpha value is -3.80. The van der Waals surface area contributed by atoms with E-state index in [-0.39, 0.29) is 0 Å². The average Bonchev–Trinajstić information content (AvgIpc) is 3.86. The van der Waals surface area contributed by atoms with E-state index in [1.165, 1.54) is 107 Å². The SMILES string of the molecule is C=C(C)C.C=Cc1ccccc1.CCC(CC(C)(C)C)c1ccccc1.CCCCCCCCn1ccnn1.CCCCCCCCn1ccnn1. The maximum Gasteiger partial charge on any atom is 0.0692 e. The summed E-state index contributed by atoms with van der Waals surface area (Å²) in [5.74, 6) is 0.719. The molecule has 0 N–H and O–H groups in total. The van der Waals surface area contributed by atoms with Gasteiger partial charge in [0.15, 0.2) is 0 Å². The van der Waals surface area contributed by atoms with Crippen LogP contribution in [0.4, 0.5) is 0 Å². The standard InChI is InChI=1S/C14H22.2C10H19N3.C8H8.C4H8/c1-5-12(11-14(2,3)4)13-9-7-6-8-10-13;2*1-2-3-4-5-6-7-9-13-10-8-11-12-13;1-2-8-6-4-3-5-7-8;1-4(2)3/h6-10,12H,5,11H2,1-4H3;2*8,10H,2-7,9H2,1H3;2-7H,1H2;1H2,2-3H3. The van der Waals surface area contributed by atoms with E-state index in [9.17, 15) is 0 Å². The number of rotatable bonds is 18. The highest BCUT2D eigenvalue weighted by molar-refractivity contribution is 5.45. The van der Waals surface area contributed by atoms with Crippen LogP contribution in [0.15, 0.2) is 104 Å². The fraction of sp³-hybridized carbons (Fsp3) is 0.565. The lowest BCUT2D eigenvalue weighted by Crippen LogP contribution is -2.11. The van der Waals surface area contributed by atoms with Crippen LogP contribution in [0.3, 0.4) is 0 Å². The van der Waals surface area contributed by atoms with Crippen LogP contribution in [0.1, 0.15) is 162 Å². The van der Waals surface area contributed by atoms with Crippen LogP contribution in [0.25, 0.3) is 6.08 Å². The Morgan fingerprint density at radius 1 is 0.654 bits per heavy atom. The van der Waals surface area contributed by atoms with Crippen LogP contribution in [0.5, 0.6) is 0 Å². The minimum absolute atomic E-state index is 0.427. The molecule has 0 aliphatic carbocycles. The zero-order valence-electron chi connectivity index (χ0n) is 34.6. The quantitative estimate of drug-likeness (QED) is 0.0761. The fourth-order valence-corrected chi connectivity index (χ4v) is 5.36. The minimum Gasteiger partial charge on any atom is -0.253 e. The molecule has 1 atom stereocenters. The third-order valence-electron chi connectivity index (χ3n) is 8.08. The minimum atomic E-state index is 0.427. The van der Waals surface area contributed by atoms with Crippen molar-refractivity contribution in [2.75, 3.05) is 0 Å². The molecule has 0 spiro atoms. The van der Waals surface area contributed by atoms with Gasteiger partial charge >= 0.3 is 0 Å². The molecule has 4 rings (SSSR count). The number of nitrogens with zero attached hydrogens (tertiary/aromatic N) is 6. The predicted molar refractivity (Wildman–Crippen MR) is 227 cm³/mol. The maximum atomic E-state index is 3.92. The molecule has 4 aromatic rings. The third kappa shape index (κ3) is 31.0. The van der Waals surface area contributed by atoms with Gasteiger partial charge in [-0.15, -0.1) is 16.8 Å². The van der Waals surface area contributed by atoms with Crippen molar-refractivity contribution in [1.82, 2.24) is 30.0 Å². The van der Waals surface area contributed by atoms with Crippen LogP contribution in [-0.4, -0.2) is 30.0 Å². The second-order valence-corrected chi connectivity index (χ2v) is 15.0. The van der Waals surface area contributed by atoms with E-state index in [1.807, 2.05) is 72.0 Å². The van der Waals surface area contributed by atoms with E-state index < -0.39 is 0 Å². The van der Waals surface area contributed by atoms with Gasteiger partial charge in [-0.25, -0.2) is 0 Å². The van der Waals surface area contributed by atoms with Crippen molar-refractivity contribution in [2.45, 2.75) is 164 Å². The monoisotopic (exact) mass is 713 g/mol. The summed E-state index contributed by atoms with van der Waals surface area (Å²) in [7, 11) is 0. The first-order valence-corrected chi connectivity index (χ1v) is 20.1. The maximum absolute atomic E-state index is 3.92. The number of aromatic nitrogens is 6. The molecule has 0 aliphatic rings. The summed E-state index contributed by atoms with van der Waals surface area (Å²) in [5.41, 5.74) is 4.26. The first kappa shape index (κ1) is 48.2. The van der Waals surface area contributed by atoms with Crippen LogP contribution < -0.4 is 0 Å². The van der Waals surface area contributed by atoms with Gasteiger partial charge in [-0.2, -0.15) is 0 Å². The molecule has 0 amide bonds. The Balaban J connectivity index is 0.000000652. The van der Waals surface area contributed by atoms with Gasteiger partial charge in [0.05, 0.1) is 12.4 Å². The van der Waals surface area contributed by atoms with Gasteiger partial charge in [0.1, 0.15) is 0 Å². The molecule has 0 fully saturated rings. The van der Waals surface area contributed by atoms with E-state index in [0.29, 0.717) is 5.41 Å². The lowest BCUT2D eigenvalue weighted by molar-refractivity contribution is 0.335. The van der Waals surface area contributed by atoms with Gasteiger partial charge in [-0.3, -0.25) is 9.36 Å². The van der Waals surface area contributed by atoms with Crippen molar-refractivity contribution in [3.8, 4) is 0 Å². The van der Waals surface area contributed by atoms with Crippen molar-refractivity contribution in [3.63, 3.8) is 0 Å². The molecule has 6 heteroatoms. The molecular weight excluding hydrogens is 637 g/mol. The first-order chi connectivity index (χ1) is 25.1. The summed E-state index contributed by atoms with van der Waals surface area (Å²) >= 11 is 0. The smallest absolute Gasteiger partial charge is 0.0692 e. The fourth-order valence-electron chi connectivity index (χ4n) is 5.36. The number of allylic oxidation sites excluding steroid dienone is 1. The van der Waals surface area contributed by atoms with E-state index >= 15 is 0 Å². The lowest BCUT2D eigenvalue weighted by Gasteiger charge is -2.25. The Bertz CT molecular complexity index is 1240. The van der Waals surface area contributed by atoms with Crippen molar-refractivity contribution in [1.29, 1.82) is 0 Å². The molecule has 2 aromatic heterocycles. The van der Waals surface area contributed by atoms with Gasteiger partial charge in [-0.1, -0.05) is 195 Å². The van der Waals surface area contributed by atoms with Gasteiger partial charge in [-0.05, 0) is 62.0 Å². The van der Waals surface area contributed by atoms with Crippen molar-refractivity contribution >= 4 is 6.08 Å². The topological polar surface area (TPSA) is 61.4 Å². The second kappa shape index (κ2) is 33.1. The highest BCUT2D eigenvalue weighted by atomic mass is 15.4. The van der Waals surface area contributed by atoms with Crippen LogP contribution in [-0.2, 0) is 13.1 Å². The van der Waals surface area contributed by atoms with Crippen molar-refractivity contribution in [2.24, 2.45) is 5.41 Å². The van der Waals surface area contributed by atoms with E-state index in [1.54, 1.807) is 12.4 Å². The third-order valence-corrected chi connectivity index (χ3v) is 8.08. The number of hydrogen-bond donors (Lipinski definition) is 0. The molecular formula is C46H76N6. The molecule has 0 saturated carbocycles. The molecule has 0 saturated heterocycles. The Morgan fingerprint density at radius 2 is 1.06 bits per heavy atom. The summed E-state index contributed by atoms with van der Waals surface area (Å²) in [6, 6.07) is 20.9. The molecule has 0 aliphatic heterocycles. The van der Waals surface area contributed by atoms with E-state index in [0.717, 1.165) is 19.0 Å². The second-order valence-electron chi connectivity index (χ2n) is 15.0. The average molecular weight is 713 g/mol. The number of unbranched alkanes of at least 4 members (excludes halogenated alkanes) is 10. The Kier molecular flexibility index (Phi) is 30.6. The van der Waals surface area contributed by atoms with Crippen LogP contribution in [0, 0.1) is 5.41 Å². The van der Waals surface area contributed by atoms with Crippen LogP contribution in [0.2, 0.25) is 0 Å². The molecule has 1 unspecified atom stereocenters. The van der Waals surface area contributed by atoms with E-state index in [2.05, 4.69) is 106 Å². The predicted octanol–water partition coefficient (Wildman–Crippen LogP) is 13.8. The van der Waals surface area contributed by atoms with Gasteiger partial charge in [0, 0.05) is 25.5 Å². The summed E-state index contributed by atoms with van der Waals surface area (Å²) in [5, 5.41) is 15.4. The number of hydrogen-bond acceptors (Lipinski definition) is 4. The van der Waals surface area contributed by atoms with Gasteiger partial charge < -0.3 is 0 Å². The highest BCUT2D eigenvalue weighted by Crippen LogP contribution is 2.33.